The lowest BCUT2D eigenvalue weighted by Gasteiger charge is -2.35. The van der Waals surface area contributed by atoms with E-state index in [9.17, 15) is 19.5 Å². The number of allylic oxidation sites excluding steroid dienone is 1. The molecule has 1 aromatic carbocycles. The summed E-state index contributed by atoms with van der Waals surface area (Å²) < 4.78 is 11.4. The van der Waals surface area contributed by atoms with Crippen molar-refractivity contribution in [2.75, 3.05) is 25.2 Å². The van der Waals surface area contributed by atoms with Gasteiger partial charge in [0, 0.05) is 13.5 Å². The SMILES string of the molecule is CCCCCCCSCCCCCC/C=C/[C@H](C(=O)N[C@@H](Cc1ccc(OCCCC)cc1)C(=O)NC)[C@@](O)(CCC)C(=O)OC(C)(C)C. The Kier molecular flexibility index (Phi) is 23.1. The number of benzene rings is 1. The van der Waals surface area contributed by atoms with Crippen LogP contribution in [-0.4, -0.2) is 65.3 Å². The Labute approximate surface area is 302 Å². The van der Waals surface area contributed by atoms with Crippen molar-refractivity contribution < 1.29 is 29.0 Å². The molecule has 1 aromatic rings. The minimum Gasteiger partial charge on any atom is -0.494 e. The van der Waals surface area contributed by atoms with Crippen LogP contribution in [0.4, 0.5) is 0 Å². The van der Waals surface area contributed by atoms with Crippen LogP contribution in [0.3, 0.4) is 0 Å². The van der Waals surface area contributed by atoms with Gasteiger partial charge in [0.1, 0.15) is 17.4 Å². The Morgan fingerprint density at radius 1 is 0.837 bits per heavy atom. The summed E-state index contributed by atoms with van der Waals surface area (Å²) in [5.74, 6) is 0.132. The molecule has 0 bridgehead atoms. The molecule has 3 atom stereocenters. The first-order valence-electron chi connectivity index (χ1n) is 18.9. The van der Waals surface area contributed by atoms with E-state index < -0.39 is 35.0 Å². The Morgan fingerprint density at radius 3 is 2.02 bits per heavy atom. The highest BCUT2D eigenvalue weighted by atomic mass is 32.2. The van der Waals surface area contributed by atoms with Gasteiger partial charge in [0.25, 0.3) is 0 Å². The zero-order valence-electron chi connectivity index (χ0n) is 31.7. The van der Waals surface area contributed by atoms with Gasteiger partial charge in [0.15, 0.2) is 5.60 Å². The Morgan fingerprint density at radius 2 is 1.45 bits per heavy atom. The molecule has 280 valence electrons. The quantitative estimate of drug-likeness (QED) is 0.0479. The van der Waals surface area contributed by atoms with Gasteiger partial charge < -0.3 is 25.2 Å². The number of ether oxygens (including phenoxy) is 2. The lowest BCUT2D eigenvalue weighted by Crippen LogP contribution is -2.56. The summed E-state index contributed by atoms with van der Waals surface area (Å²) in [4.78, 5) is 40.5. The zero-order chi connectivity index (χ0) is 36.5. The average Bonchev–Trinajstić information content (AvgIpc) is 3.06. The van der Waals surface area contributed by atoms with Gasteiger partial charge in [-0.3, -0.25) is 9.59 Å². The number of rotatable bonds is 27. The molecule has 0 radical (unpaired) electrons. The number of hydrogen-bond acceptors (Lipinski definition) is 7. The lowest BCUT2D eigenvalue weighted by molar-refractivity contribution is -0.184. The molecule has 0 unspecified atom stereocenters. The van der Waals surface area contributed by atoms with Gasteiger partial charge in [-0.05, 0) is 88.5 Å². The van der Waals surface area contributed by atoms with E-state index >= 15 is 0 Å². The Bertz CT molecular complexity index is 1090. The highest BCUT2D eigenvalue weighted by Gasteiger charge is 2.48. The van der Waals surface area contributed by atoms with Crippen molar-refractivity contribution in [2.24, 2.45) is 5.92 Å². The molecule has 8 nitrogen and oxygen atoms in total. The van der Waals surface area contributed by atoms with Crippen molar-refractivity contribution in [3.8, 4) is 5.75 Å². The number of unbranched alkanes of at least 4 members (excludes halogenated alkanes) is 9. The van der Waals surface area contributed by atoms with Gasteiger partial charge in [-0.1, -0.05) is 96.4 Å². The van der Waals surface area contributed by atoms with Crippen molar-refractivity contribution in [3.05, 3.63) is 42.0 Å². The fourth-order valence-corrected chi connectivity index (χ4v) is 6.51. The predicted molar refractivity (Wildman–Crippen MR) is 204 cm³/mol. The molecular formula is C40H68N2O6S. The first-order chi connectivity index (χ1) is 23.4. The van der Waals surface area contributed by atoms with Gasteiger partial charge >= 0.3 is 5.97 Å². The maximum absolute atomic E-state index is 14.0. The number of carbonyl (C=O) groups is 3. The average molecular weight is 705 g/mol. The largest absolute Gasteiger partial charge is 0.494 e. The summed E-state index contributed by atoms with van der Waals surface area (Å²) in [6, 6.07) is 6.55. The molecule has 0 saturated heterocycles. The van der Waals surface area contributed by atoms with Crippen molar-refractivity contribution in [1.29, 1.82) is 0 Å². The minimum atomic E-state index is -2.10. The lowest BCUT2D eigenvalue weighted by atomic mass is 9.81. The first-order valence-corrected chi connectivity index (χ1v) is 20.0. The summed E-state index contributed by atoms with van der Waals surface area (Å²) in [5, 5.41) is 17.4. The third-order valence-corrected chi connectivity index (χ3v) is 9.47. The topological polar surface area (TPSA) is 114 Å². The second kappa shape index (κ2) is 25.4. The summed E-state index contributed by atoms with van der Waals surface area (Å²) in [5.41, 5.74) is -2.11. The molecule has 2 amide bonds. The highest BCUT2D eigenvalue weighted by molar-refractivity contribution is 7.99. The Hall–Kier alpha value is -2.52. The van der Waals surface area contributed by atoms with Crippen LogP contribution in [0, 0.1) is 5.92 Å². The molecule has 0 heterocycles. The fraction of sp³-hybridized carbons (Fsp3) is 0.725. The normalized spacial score (nSPS) is 14.2. The van der Waals surface area contributed by atoms with E-state index in [2.05, 4.69) is 24.5 Å². The monoisotopic (exact) mass is 704 g/mol. The number of esters is 1. The van der Waals surface area contributed by atoms with Crippen LogP contribution in [0.1, 0.15) is 137 Å². The summed E-state index contributed by atoms with van der Waals surface area (Å²) in [6.45, 7) is 12.0. The van der Waals surface area contributed by atoms with Crippen LogP contribution in [0.25, 0.3) is 0 Å². The van der Waals surface area contributed by atoms with Gasteiger partial charge in [0.05, 0.1) is 12.5 Å². The standard InChI is InChI=1S/C40H68N2O6S/c1-8-11-13-17-20-29-49-30-21-18-15-14-16-19-22-34(40(46,27-10-3)38(45)48-39(4,5)6)36(43)42-35(37(44)41-7)31-32-23-25-33(26-24-32)47-28-12-9-2/h19,22-26,34-35,46H,8-18,20-21,27-31H2,1-7H3,(H,41,44)(H,42,43)/b22-19+/t34-,35+,40+/m1/s1. The molecule has 3 N–H and O–H groups in total. The van der Waals surface area contributed by atoms with E-state index in [1.807, 2.05) is 49.0 Å². The molecular weight excluding hydrogens is 637 g/mol. The maximum Gasteiger partial charge on any atom is 0.339 e. The van der Waals surface area contributed by atoms with E-state index in [4.69, 9.17) is 9.47 Å². The van der Waals surface area contributed by atoms with E-state index in [-0.39, 0.29) is 18.7 Å². The molecule has 9 heteroatoms. The second-order valence-corrected chi connectivity index (χ2v) is 15.3. The number of amides is 2. The fourth-order valence-electron chi connectivity index (χ4n) is 5.49. The first kappa shape index (κ1) is 44.5. The maximum atomic E-state index is 14.0. The molecule has 1 rings (SSSR count). The van der Waals surface area contributed by atoms with Crippen molar-refractivity contribution in [2.45, 2.75) is 155 Å². The van der Waals surface area contributed by atoms with Crippen molar-refractivity contribution in [1.82, 2.24) is 10.6 Å². The van der Waals surface area contributed by atoms with Crippen LogP contribution in [-0.2, 0) is 25.5 Å². The molecule has 0 aliphatic heterocycles. The van der Waals surface area contributed by atoms with Crippen LogP contribution < -0.4 is 15.4 Å². The highest BCUT2D eigenvalue weighted by Crippen LogP contribution is 2.30. The minimum absolute atomic E-state index is 0.0325. The van der Waals surface area contributed by atoms with Crippen LogP contribution in [0.5, 0.6) is 5.75 Å². The van der Waals surface area contributed by atoms with E-state index in [0.29, 0.717) is 13.0 Å². The van der Waals surface area contributed by atoms with Gasteiger partial charge in [0.2, 0.25) is 11.8 Å². The van der Waals surface area contributed by atoms with E-state index in [1.165, 1.54) is 57.1 Å². The molecule has 49 heavy (non-hydrogen) atoms. The third kappa shape index (κ3) is 18.9. The van der Waals surface area contributed by atoms with Crippen LogP contribution in [0.15, 0.2) is 36.4 Å². The number of hydrogen-bond donors (Lipinski definition) is 3. The number of likely N-dealkylation sites (N-methyl/N-ethyl adjacent to an activating group) is 1. The number of aliphatic hydroxyl groups is 1. The van der Waals surface area contributed by atoms with E-state index in [1.54, 1.807) is 26.8 Å². The van der Waals surface area contributed by atoms with Gasteiger partial charge in [-0.2, -0.15) is 11.8 Å². The molecule has 0 aromatic heterocycles. The van der Waals surface area contributed by atoms with Crippen molar-refractivity contribution >= 4 is 29.5 Å². The smallest absolute Gasteiger partial charge is 0.339 e. The number of nitrogens with one attached hydrogen (secondary N) is 2. The number of carbonyl (C=O) groups excluding carboxylic acids is 3. The Balaban J connectivity index is 2.99. The molecule has 0 fully saturated rings. The van der Waals surface area contributed by atoms with Gasteiger partial charge in [-0.25, -0.2) is 4.79 Å². The van der Waals surface area contributed by atoms with E-state index in [0.717, 1.165) is 49.8 Å². The summed E-state index contributed by atoms with van der Waals surface area (Å²) >= 11 is 2.05. The van der Waals surface area contributed by atoms with Crippen LogP contribution >= 0.6 is 11.8 Å². The molecule has 0 spiro atoms. The molecule has 0 aliphatic carbocycles. The van der Waals surface area contributed by atoms with Gasteiger partial charge in [-0.15, -0.1) is 0 Å². The molecule has 0 saturated carbocycles. The van der Waals surface area contributed by atoms with Crippen molar-refractivity contribution in [3.63, 3.8) is 0 Å². The van der Waals surface area contributed by atoms with Crippen LogP contribution in [0.2, 0.25) is 0 Å². The summed E-state index contributed by atoms with van der Waals surface area (Å²) in [6.07, 6.45) is 17.9. The second-order valence-electron chi connectivity index (χ2n) is 14.0. The molecule has 0 aliphatic rings. The number of thioether (sulfide) groups is 1. The third-order valence-electron chi connectivity index (χ3n) is 8.32. The summed E-state index contributed by atoms with van der Waals surface area (Å²) in [7, 11) is 1.52. The predicted octanol–water partition coefficient (Wildman–Crippen LogP) is 8.34. The zero-order valence-corrected chi connectivity index (χ0v) is 32.6.